The quantitative estimate of drug-likeness (QED) is 0.632. The van der Waals surface area contributed by atoms with Crippen LogP contribution in [-0.4, -0.2) is 6.61 Å². The van der Waals surface area contributed by atoms with Gasteiger partial charge in [-0.25, -0.2) is 0 Å². The molecule has 0 radical (unpaired) electrons. The first-order valence-electron chi connectivity index (χ1n) is 5.70. The number of rotatable bonds is 1. The summed E-state index contributed by atoms with van der Waals surface area (Å²) in [7, 11) is 0. The first-order valence-corrected chi connectivity index (χ1v) is 5.70. The van der Waals surface area contributed by atoms with Gasteiger partial charge in [-0.3, -0.25) is 0 Å². The van der Waals surface area contributed by atoms with E-state index < -0.39 is 0 Å². The maximum atomic E-state index is 6.06. The van der Waals surface area contributed by atoms with Gasteiger partial charge in [0.2, 0.25) is 0 Å². The summed E-state index contributed by atoms with van der Waals surface area (Å²) in [6.07, 6.45) is 3.66. The normalized spacial score (nSPS) is 34.4. The van der Waals surface area contributed by atoms with Crippen molar-refractivity contribution in [3.63, 3.8) is 0 Å². The Kier molecular flexibility index (Phi) is 1.96. The molecular formula is C14H16O. The van der Waals surface area contributed by atoms with Gasteiger partial charge in [0.15, 0.2) is 0 Å². The van der Waals surface area contributed by atoms with Crippen molar-refractivity contribution in [1.82, 2.24) is 0 Å². The molecule has 2 aliphatic rings. The summed E-state index contributed by atoms with van der Waals surface area (Å²) in [4.78, 5) is 0. The fourth-order valence-corrected chi connectivity index (χ4v) is 3.15. The average molecular weight is 200 g/mol. The zero-order valence-electron chi connectivity index (χ0n) is 8.91. The third kappa shape index (κ3) is 1.19. The van der Waals surface area contributed by atoms with E-state index in [4.69, 9.17) is 4.74 Å². The Hall–Kier alpha value is -1.08. The molecule has 0 bridgehead atoms. The zero-order valence-corrected chi connectivity index (χ0v) is 8.91. The molecule has 2 atom stereocenters. The van der Waals surface area contributed by atoms with E-state index in [-0.39, 0.29) is 5.60 Å². The molecule has 2 unspecified atom stereocenters. The van der Waals surface area contributed by atoms with E-state index in [0.717, 1.165) is 13.0 Å². The van der Waals surface area contributed by atoms with Crippen LogP contribution in [0.3, 0.4) is 0 Å². The first-order chi connectivity index (χ1) is 7.33. The summed E-state index contributed by atoms with van der Waals surface area (Å²) in [6.45, 7) is 4.89. The lowest BCUT2D eigenvalue weighted by Crippen LogP contribution is -2.27. The molecule has 1 aliphatic heterocycles. The Morgan fingerprint density at radius 1 is 1.27 bits per heavy atom. The Morgan fingerprint density at radius 2 is 2.07 bits per heavy atom. The van der Waals surface area contributed by atoms with Gasteiger partial charge in [0, 0.05) is 5.92 Å². The second-order valence-electron chi connectivity index (χ2n) is 4.65. The molecule has 1 aromatic carbocycles. The number of fused-ring (bicyclic) bond motifs is 1. The van der Waals surface area contributed by atoms with Crippen molar-refractivity contribution in [3.8, 4) is 0 Å². The second-order valence-corrected chi connectivity index (χ2v) is 4.65. The summed E-state index contributed by atoms with van der Waals surface area (Å²) >= 11 is 0. The molecule has 1 heteroatoms. The molecule has 1 aromatic rings. The third-order valence-electron chi connectivity index (χ3n) is 3.87. The summed E-state index contributed by atoms with van der Waals surface area (Å²) in [6, 6.07) is 10.6. The molecular weight excluding hydrogens is 184 g/mol. The second kappa shape index (κ2) is 3.21. The van der Waals surface area contributed by atoms with Gasteiger partial charge in [-0.2, -0.15) is 0 Å². The lowest BCUT2D eigenvalue weighted by Gasteiger charge is -2.28. The topological polar surface area (TPSA) is 9.23 Å². The van der Waals surface area contributed by atoms with Crippen LogP contribution in [0.15, 0.2) is 42.5 Å². The van der Waals surface area contributed by atoms with Crippen LogP contribution in [0.1, 0.15) is 24.8 Å². The van der Waals surface area contributed by atoms with E-state index in [1.807, 2.05) is 0 Å². The van der Waals surface area contributed by atoms with Gasteiger partial charge in [0.1, 0.15) is 5.60 Å². The molecule has 0 N–H and O–H groups in total. The Bertz CT molecular complexity index is 382. The number of benzene rings is 1. The predicted octanol–water partition coefficient (Wildman–Crippen LogP) is 3.27. The first kappa shape index (κ1) is 9.17. The number of hydrogen-bond acceptors (Lipinski definition) is 1. The minimum absolute atomic E-state index is 0.0294. The summed E-state index contributed by atoms with van der Waals surface area (Å²) in [5, 5.41) is 0. The Balaban J connectivity index is 2.06. The summed E-state index contributed by atoms with van der Waals surface area (Å²) < 4.78 is 6.06. The summed E-state index contributed by atoms with van der Waals surface area (Å²) in [5.74, 6) is 0.555. The van der Waals surface area contributed by atoms with E-state index in [2.05, 4.69) is 36.9 Å². The number of hydrogen-bond donors (Lipinski definition) is 0. The van der Waals surface area contributed by atoms with Crippen molar-refractivity contribution in [2.24, 2.45) is 5.92 Å². The minimum Gasteiger partial charge on any atom is -0.365 e. The lowest BCUT2D eigenvalue weighted by molar-refractivity contribution is -0.0128. The highest BCUT2D eigenvalue weighted by molar-refractivity contribution is 5.31. The number of ether oxygens (including phenoxy) is 1. The molecule has 1 nitrogen and oxygen atoms in total. The molecule has 1 saturated carbocycles. The molecule has 3 rings (SSSR count). The standard InChI is InChI=1S/C14H16O/c1-11-10-15-14(9-5-8-13(11)14)12-6-3-2-4-7-12/h2-4,6-7,13H,1,5,8-10H2. The molecule has 1 saturated heterocycles. The van der Waals surface area contributed by atoms with Crippen LogP contribution in [0.4, 0.5) is 0 Å². The van der Waals surface area contributed by atoms with Crippen molar-refractivity contribution in [3.05, 3.63) is 48.0 Å². The van der Waals surface area contributed by atoms with Crippen LogP contribution >= 0.6 is 0 Å². The predicted molar refractivity (Wildman–Crippen MR) is 60.6 cm³/mol. The van der Waals surface area contributed by atoms with Gasteiger partial charge < -0.3 is 4.74 Å². The highest BCUT2D eigenvalue weighted by Gasteiger charge is 2.50. The summed E-state index contributed by atoms with van der Waals surface area (Å²) in [5.41, 5.74) is 2.60. The molecule has 15 heavy (non-hydrogen) atoms. The average Bonchev–Trinajstić information content (AvgIpc) is 2.83. The molecule has 2 fully saturated rings. The van der Waals surface area contributed by atoms with E-state index in [0.29, 0.717) is 5.92 Å². The van der Waals surface area contributed by atoms with Crippen molar-refractivity contribution >= 4 is 0 Å². The molecule has 0 spiro atoms. The largest absolute Gasteiger partial charge is 0.365 e. The highest BCUT2D eigenvalue weighted by Crippen LogP contribution is 2.53. The fourth-order valence-electron chi connectivity index (χ4n) is 3.15. The maximum Gasteiger partial charge on any atom is 0.100 e. The van der Waals surface area contributed by atoms with Gasteiger partial charge >= 0.3 is 0 Å². The smallest absolute Gasteiger partial charge is 0.100 e. The third-order valence-corrected chi connectivity index (χ3v) is 3.87. The minimum atomic E-state index is -0.0294. The molecule has 1 aliphatic carbocycles. The van der Waals surface area contributed by atoms with E-state index in [9.17, 15) is 0 Å². The van der Waals surface area contributed by atoms with Crippen LogP contribution in [0, 0.1) is 5.92 Å². The van der Waals surface area contributed by atoms with Gasteiger partial charge in [0.25, 0.3) is 0 Å². The molecule has 1 heterocycles. The molecule has 78 valence electrons. The van der Waals surface area contributed by atoms with E-state index >= 15 is 0 Å². The van der Waals surface area contributed by atoms with Crippen molar-refractivity contribution in [2.45, 2.75) is 24.9 Å². The van der Waals surface area contributed by atoms with Gasteiger partial charge in [0.05, 0.1) is 6.61 Å². The van der Waals surface area contributed by atoms with Crippen LogP contribution in [0.2, 0.25) is 0 Å². The molecule has 0 aromatic heterocycles. The van der Waals surface area contributed by atoms with Gasteiger partial charge in [-0.1, -0.05) is 36.9 Å². The lowest BCUT2D eigenvalue weighted by atomic mass is 9.82. The maximum absolute atomic E-state index is 6.06. The van der Waals surface area contributed by atoms with E-state index in [1.165, 1.54) is 24.0 Å². The van der Waals surface area contributed by atoms with Crippen molar-refractivity contribution < 1.29 is 4.74 Å². The van der Waals surface area contributed by atoms with Crippen LogP contribution < -0.4 is 0 Å². The fraction of sp³-hybridized carbons (Fsp3) is 0.429. The van der Waals surface area contributed by atoms with Gasteiger partial charge in [-0.05, 0) is 30.4 Å². The van der Waals surface area contributed by atoms with E-state index in [1.54, 1.807) is 0 Å². The van der Waals surface area contributed by atoms with Crippen LogP contribution in [0.5, 0.6) is 0 Å². The zero-order chi connectivity index (χ0) is 10.3. The van der Waals surface area contributed by atoms with Crippen LogP contribution in [-0.2, 0) is 10.3 Å². The Labute approximate surface area is 90.8 Å². The van der Waals surface area contributed by atoms with Gasteiger partial charge in [-0.15, -0.1) is 0 Å². The monoisotopic (exact) mass is 200 g/mol. The van der Waals surface area contributed by atoms with Crippen molar-refractivity contribution in [2.75, 3.05) is 6.61 Å². The molecule has 0 amide bonds. The Morgan fingerprint density at radius 3 is 2.87 bits per heavy atom. The highest BCUT2D eigenvalue weighted by atomic mass is 16.5. The van der Waals surface area contributed by atoms with Crippen molar-refractivity contribution in [1.29, 1.82) is 0 Å². The SMILES string of the molecule is C=C1COC2(c3ccccc3)CCCC12. The van der Waals surface area contributed by atoms with Crippen LogP contribution in [0.25, 0.3) is 0 Å².